The van der Waals surface area contributed by atoms with Crippen LogP contribution in [0.15, 0.2) is 66.2 Å². The summed E-state index contributed by atoms with van der Waals surface area (Å²) in [5.41, 5.74) is 0.983. The molecule has 5 nitrogen and oxygen atoms in total. The molecule has 1 aliphatic rings. The second-order valence-electron chi connectivity index (χ2n) is 6.34. The van der Waals surface area contributed by atoms with E-state index in [0.29, 0.717) is 17.0 Å². The molecule has 29 heavy (non-hydrogen) atoms. The number of hydrogen-bond acceptors (Lipinski definition) is 4. The van der Waals surface area contributed by atoms with E-state index in [4.69, 9.17) is 17.0 Å². The normalized spacial score (nSPS) is 15.7. The molecule has 2 amide bonds. The summed E-state index contributed by atoms with van der Waals surface area (Å²) >= 11 is 5.16. The van der Waals surface area contributed by atoms with Crippen molar-refractivity contribution in [2.45, 2.75) is 0 Å². The third-order valence-electron chi connectivity index (χ3n) is 4.62. The highest BCUT2D eigenvalue weighted by atomic mass is 32.1. The smallest absolute Gasteiger partial charge is 0.270 e. The summed E-state index contributed by atoms with van der Waals surface area (Å²) in [7, 11) is 1.58. The number of anilines is 1. The quantitative estimate of drug-likeness (QED) is 0.408. The Morgan fingerprint density at radius 2 is 1.69 bits per heavy atom. The van der Waals surface area contributed by atoms with Crippen molar-refractivity contribution in [3.8, 4) is 5.75 Å². The predicted molar refractivity (Wildman–Crippen MR) is 113 cm³/mol. The Balaban J connectivity index is 1.82. The average Bonchev–Trinajstić information content (AvgIpc) is 2.72. The van der Waals surface area contributed by atoms with Crippen molar-refractivity contribution in [3.05, 3.63) is 77.6 Å². The minimum atomic E-state index is -0.585. The molecule has 0 spiro atoms. The molecule has 0 atom stereocenters. The summed E-state index contributed by atoms with van der Waals surface area (Å²) in [5, 5.41) is 4.17. The van der Waals surface area contributed by atoms with Gasteiger partial charge in [-0.25, -0.2) is 4.39 Å². The maximum Gasteiger partial charge on any atom is 0.270 e. The Hall–Kier alpha value is -3.58. The average molecular weight is 406 g/mol. The van der Waals surface area contributed by atoms with Gasteiger partial charge in [0.25, 0.3) is 11.8 Å². The van der Waals surface area contributed by atoms with Crippen molar-refractivity contribution < 1.29 is 18.7 Å². The van der Waals surface area contributed by atoms with Crippen LogP contribution in [-0.4, -0.2) is 24.0 Å². The number of thiocarbonyl (C=S) groups is 1. The minimum absolute atomic E-state index is 0.0525. The zero-order chi connectivity index (χ0) is 20.5. The highest BCUT2D eigenvalue weighted by Gasteiger charge is 2.34. The van der Waals surface area contributed by atoms with Crippen LogP contribution < -0.4 is 15.0 Å². The fourth-order valence-electron chi connectivity index (χ4n) is 3.24. The van der Waals surface area contributed by atoms with Gasteiger partial charge in [0, 0.05) is 5.39 Å². The van der Waals surface area contributed by atoms with Crippen molar-refractivity contribution >= 4 is 51.7 Å². The number of nitrogens with one attached hydrogen (secondary N) is 1. The molecular formula is C22H15FN2O3S. The lowest BCUT2D eigenvalue weighted by Crippen LogP contribution is -2.54. The molecule has 0 radical (unpaired) electrons. The zero-order valence-corrected chi connectivity index (χ0v) is 16.1. The Bertz CT molecular complexity index is 1190. The molecule has 1 saturated heterocycles. The van der Waals surface area contributed by atoms with Crippen molar-refractivity contribution in [2.24, 2.45) is 0 Å². The number of carbonyl (C=O) groups is 2. The molecule has 0 aromatic heterocycles. The molecule has 1 aliphatic heterocycles. The van der Waals surface area contributed by atoms with E-state index >= 15 is 0 Å². The van der Waals surface area contributed by atoms with Crippen LogP contribution in [0.5, 0.6) is 5.75 Å². The maximum absolute atomic E-state index is 13.3. The number of benzene rings is 3. The summed E-state index contributed by atoms with van der Waals surface area (Å²) in [6.07, 6.45) is 1.53. The topological polar surface area (TPSA) is 58.6 Å². The standard InChI is InChI=1S/C22H15FN2O3S/c1-28-19-11-6-13(16-4-2-3-5-17(16)19)12-18-20(26)24-22(29)25(21(18)27)15-9-7-14(23)8-10-15/h2-12H,1H3,(H,24,26,29). The fraction of sp³-hybridized carbons (Fsp3) is 0.0455. The summed E-state index contributed by atoms with van der Waals surface area (Å²) < 4.78 is 18.6. The number of amides is 2. The lowest BCUT2D eigenvalue weighted by molar-refractivity contribution is -0.122. The number of ether oxygens (including phenoxy) is 1. The van der Waals surface area contributed by atoms with Crippen molar-refractivity contribution in [2.75, 3.05) is 12.0 Å². The summed E-state index contributed by atoms with van der Waals surface area (Å²) in [6, 6.07) is 16.4. The summed E-state index contributed by atoms with van der Waals surface area (Å²) in [4.78, 5) is 26.8. The van der Waals surface area contributed by atoms with Gasteiger partial charge in [-0.1, -0.05) is 30.3 Å². The highest BCUT2D eigenvalue weighted by molar-refractivity contribution is 7.80. The van der Waals surface area contributed by atoms with Crippen molar-refractivity contribution in [1.29, 1.82) is 0 Å². The minimum Gasteiger partial charge on any atom is -0.496 e. The van der Waals surface area contributed by atoms with E-state index in [0.717, 1.165) is 10.8 Å². The van der Waals surface area contributed by atoms with E-state index in [1.165, 1.54) is 35.2 Å². The Labute approximate surface area is 171 Å². The summed E-state index contributed by atoms with van der Waals surface area (Å²) in [5.74, 6) is -0.909. The number of carbonyl (C=O) groups excluding carboxylic acids is 2. The summed E-state index contributed by atoms with van der Waals surface area (Å²) in [6.45, 7) is 0. The largest absolute Gasteiger partial charge is 0.496 e. The third kappa shape index (κ3) is 3.36. The van der Waals surface area contributed by atoms with Gasteiger partial charge in [0.05, 0.1) is 12.8 Å². The molecule has 0 unspecified atom stereocenters. The van der Waals surface area contributed by atoms with Gasteiger partial charge >= 0.3 is 0 Å². The van der Waals surface area contributed by atoms with E-state index in [2.05, 4.69) is 5.32 Å². The molecule has 4 rings (SSSR count). The van der Waals surface area contributed by atoms with Crippen LogP contribution >= 0.6 is 12.2 Å². The molecule has 0 aliphatic carbocycles. The molecule has 7 heteroatoms. The van der Waals surface area contributed by atoms with E-state index in [1.807, 2.05) is 24.3 Å². The van der Waals surface area contributed by atoms with Gasteiger partial charge in [-0.15, -0.1) is 0 Å². The second kappa shape index (κ2) is 7.44. The van der Waals surface area contributed by atoms with Crippen LogP contribution in [-0.2, 0) is 9.59 Å². The van der Waals surface area contributed by atoms with Crippen LogP contribution in [0.25, 0.3) is 16.8 Å². The Kier molecular flexibility index (Phi) is 4.82. The lowest BCUT2D eigenvalue weighted by atomic mass is 10.00. The first kappa shape index (κ1) is 18.8. The Morgan fingerprint density at radius 3 is 2.38 bits per heavy atom. The van der Waals surface area contributed by atoms with Gasteiger partial charge < -0.3 is 4.74 Å². The Morgan fingerprint density at radius 1 is 1.00 bits per heavy atom. The number of nitrogens with zero attached hydrogens (tertiary/aromatic N) is 1. The number of methoxy groups -OCH3 is 1. The van der Waals surface area contributed by atoms with E-state index < -0.39 is 17.6 Å². The fourth-order valence-corrected chi connectivity index (χ4v) is 3.52. The molecule has 3 aromatic carbocycles. The number of halogens is 1. The van der Waals surface area contributed by atoms with Gasteiger partial charge in [0.2, 0.25) is 0 Å². The maximum atomic E-state index is 13.3. The van der Waals surface area contributed by atoms with E-state index in [1.54, 1.807) is 19.2 Å². The molecule has 0 saturated carbocycles. The highest BCUT2D eigenvalue weighted by Crippen LogP contribution is 2.30. The first-order chi connectivity index (χ1) is 14.0. The molecule has 1 heterocycles. The van der Waals surface area contributed by atoms with Gasteiger partial charge in [0.1, 0.15) is 17.1 Å². The zero-order valence-electron chi connectivity index (χ0n) is 15.3. The monoisotopic (exact) mass is 406 g/mol. The first-order valence-electron chi connectivity index (χ1n) is 8.72. The molecule has 1 N–H and O–H groups in total. The SMILES string of the molecule is COc1ccc(C=C2C(=O)NC(=S)N(c3ccc(F)cc3)C2=O)c2ccccc12. The number of rotatable bonds is 3. The van der Waals surface area contributed by atoms with Crippen LogP contribution in [0.1, 0.15) is 5.56 Å². The van der Waals surface area contributed by atoms with Crippen molar-refractivity contribution in [1.82, 2.24) is 5.32 Å². The van der Waals surface area contributed by atoms with Crippen molar-refractivity contribution in [3.63, 3.8) is 0 Å². The van der Waals surface area contributed by atoms with E-state index in [-0.39, 0.29) is 10.7 Å². The third-order valence-corrected chi connectivity index (χ3v) is 4.91. The molecule has 3 aromatic rings. The predicted octanol–water partition coefficient (Wildman–Crippen LogP) is 3.82. The van der Waals surface area contributed by atoms with Crippen LogP contribution in [0.2, 0.25) is 0 Å². The van der Waals surface area contributed by atoms with Gasteiger partial charge in [-0.3, -0.25) is 19.8 Å². The molecule has 1 fully saturated rings. The second-order valence-corrected chi connectivity index (χ2v) is 6.72. The van der Waals surface area contributed by atoms with Crippen LogP contribution in [0, 0.1) is 5.82 Å². The number of hydrogen-bond donors (Lipinski definition) is 1. The van der Waals surface area contributed by atoms with Gasteiger partial charge in [0.15, 0.2) is 5.11 Å². The van der Waals surface area contributed by atoms with E-state index in [9.17, 15) is 14.0 Å². The van der Waals surface area contributed by atoms with Crippen LogP contribution in [0.3, 0.4) is 0 Å². The van der Waals surface area contributed by atoms with Gasteiger partial charge in [-0.05, 0) is 59.6 Å². The van der Waals surface area contributed by atoms with Crippen LogP contribution in [0.4, 0.5) is 10.1 Å². The first-order valence-corrected chi connectivity index (χ1v) is 9.13. The van der Waals surface area contributed by atoms with Gasteiger partial charge in [-0.2, -0.15) is 0 Å². The molecule has 0 bridgehead atoms. The number of fused-ring (bicyclic) bond motifs is 1. The molecular weight excluding hydrogens is 391 g/mol. The molecule has 144 valence electrons. The lowest BCUT2D eigenvalue weighted by Gasteiger charge is -2.29.